The third kappa shape index (κ3) is 17.3. The van der Waals surface area contributed by atoms with Gasteiger partial charge in [0, 0.05) is 0 Å². The van der Waals surface area contributed by atoms with E-state index in [9.17, 15) is 13.4 Å². The van der Waals surface area contributed by atoms with E-state index < -0.39 is 26.9 Å². The number of carbonyl (C=O) groups excluding carboxylic acids is 2. The van der Waals surface area contributed by atoms with Crippen LogP contribution in [0.1, 0.15) is 150 Å². The molecule has 4 nitrogen and oxygen atoms in total. The zero-order chi connectivity index (χ0) is 26.4. The summed E-state index contributed by atoms with van der Waals surface area (Å²) in [7, 11) is 0. The van der Waals surface area contributed by atoms with Crippen molar-refractivity contribution in [1.82, 2.24) is 0 Å². The molecule has 0 aliphatic rings. The average molecular weight is 507 g/mol. The molecule has 0 aliphatic carbocycles. The molecule has 0 N–H and O–H groups in total. The van der Waals surface area contributed by atoms with Gasteiger partial charge in [-0.2, -0.15) is 0 Å². The Morgan fingerprint density at radius 3 is 1.77 bits per heavy atom. The molecule has 0 aliphatic heterocycles. The zero-order valence-corrected chi connectivity index (χ0v) is 24.9. The second-order valence-electron chi connectivity index (χ2n) is 11.2. The van der Waals surface area contributed by atoms with E-state index in [1.807, 2.05) is 13.8 Å². The van der Waals surface area contributed by atoms with Crippen molar-refractivity contribution in [2.24, 2.45) is 17.3 Å². The molecule has 0 fully saturated rings. The Morgan fingerprint density at radius 1 is 0.771 bits per heavy atom. The zero-order valence-electron chi connectivity index (χ0n) is 23.7. The third-order valence-corrected chi connectivity index (χ3v) is 7.21. The molecular weight excluding hydrogens is 451 g/mol. The number of hydrogen-bond acceptors (Lipinski definition) is 4. The van der Waals surface area contributed by atoms with Gasteiger partial charge in [0.05, 0.1) is 0 Å². The molecule has 0 spiro atoms. The molecule has 1 atom stereocenters. The first kappa shape index (κ1) is 34.2. The second-order valence-corrected chi connectivity index (χ2v) is 11.7. The van der Waals surface area contributed by atoms with Gasteiger partial charge in [-0.05, 0) is 12.8 Å². The van der Waals surface area contributed by atoms with Crippen LogP contribution in [-0.4, -0.2) is 27.2 Å². The van der Waals surface area contributed by atoms with Gasteiger partial charge >= 0.3 is 166 Å². The summed E-state index contributed by atoms with van der Waals surface area (Å²) in [5.74, 6) is 0.0202. The Balaban J connectivity index is 4.33. The van der Waals surface area contributed by atoms with Gasteiger partial charge in [-0.15, -0.1) is 0 Å². The Bertz CT molecular complexity index is 585. The topological polar surface area (TPSA) is 60.4 Å². The summed E-state index contributed by atoms with van der Waals surface area (Å²) >= 11 is -1.64. The summed E-state index contributed by atoms with van der Waals surface area (Å²) in [5.41, 5.74) is -1.12. The van der Waals surface area contributed by atoms with E-state index in [0.29, 0.717) is 25.2 Å². The summed E-state index contributed by atoms with van der Waals surface area (Å²) in [6.45, 7) is 10.5. The van der Waals surface area contributed by atoms with E-state index in [-0.39, 0.29) is 11.7 Å². The number of carbonyl (C=O) groups is 2. The molecule has 0 amide bonds. The van der Waals surface area contributed by atoms with Gasteiger partial charge in [0.2, 0.25) is 0 Å². The molecule has 0 radical (unpaired) electrons. The summed E-state index contributed by atoms with van der Waals surface area (Å²) in [6.07, 6.45) is 24.0. The summed E-state index contributed by atoms with van der Waals surface area (Å²) < 4.78 is 16.1. The molecule has 202 valence electrons. The van der Waals surface area contributed by atoms with Crippen LogP contribution in [0.5, 0.6) is 0 Å². The number of unbranched alkanes of at least 4 members (excludes halogenated alkanes) is 12. The number of rotatable bonds is 24. The van der Waals surface area contributed by atoms with E-state index in [2.05, 4.69) is 32.9 Å². The normalized spacial score (nSPS) is 13.3. The van der Waals surface area contributed by atoms with Gasteiger partial charge in [-0.25, -0.2) is 0 Å². The van der Waals surface area contributed by atoms with E-state index in [4.69, 9.17) is 3.79 Å². The van der Waals surface area contributed by atoms with Crippen LogP contribution in [0.3, 0.4) is 0 Å². The van der Waals surface area contributed by atoms with Crippen LogP contribution in [0, 0.1) is 17.3 Å². The van der Waals surface area contributed by atoms with Crippen molar-refractivity contribution in [3.63, 3.8) is 0 Å². The minimum atomic E-state index is -1.64. The summed E-state index contributed by atoms with van der Waals surface area (Å²) in [4.78, 5) is 26.1. The summed E-state index contributed by atoms with van der Waals surface area (Å²) in [6, 6.07) is 0. The number of ketones is 1. The minimum absolute atomic E-state index is 0.0227. The maximum atomic E-state index is 13.2. The Morgan fingerprint density at radius 2 is 1.29 bits per heavy atom. The monoisotopic (exact) mass is 506 g/mol. The van der Waals surface area contributed by atoms with Crippen molar-refractivity contribution in [3.8, 4) is 0 Å². The molecule has 0 aromatic carbocycles. The molecule has 0 bridgehead atoms. The van der Waals surface area contributed by atoms with E-state index >= 15 is 0 Å². The number of Topliss-reactive ketones (excluding diaryl/α,β-unsaturated/α-hetero) is 1. The maximum absolute atomic E-state index is 13.2. The predicted molar refractivity (Wildman–Crippen MR) is 148 cm³/mol. The molecule has 0 saturated carbocycles. The molecule has 0 aromatic rings. The molecular formula is C30H55AlO4. The molecule has 0 aromatic heterocycles. The molecule has 5 heteroatoms. The van der Waals surface area contributed by atoms with Crippen molar-refractivity contribution in [2.45, 2.75) is 150 Å². The van der Waals surface area contributed by atoms with Gasteiger partial charge in [0.25, 0.3) is 0 Å². The number of hydrogen-bond donors (Lipinski definition) is 0. The van der Waals surface area contributed by atoms with E-state index in [1.165, 1.54) is 70.6 Å². The van der Waals surface area contributed by atoms with E-state index in [1.54, 1.807) is 0 Å². The van der Waals surface area contributed by atoms with Crippen LogP contribution in [0.25, 0.3) is 0 Å². The second kappa shape index (κ2) is 22.4. The third-order valence-electron chi connectivity index (χ3n) is 6.90. The van der Waals surface area contributed by atoms with Gasteiger partial charge in [0.15, 0.2) is 0 Å². The van der Waals surface area contributed by atoms with Crippen molar-refractivity contribution in [3.05, 3.63) is 12.2 Å². The first-order valence-corrected chi connectivity index (χ1v) is 15.6. The van der Waals surface area contributed by atoms with Crippen LogP contribution >= 0.6 is 0 Å². The Kier molecular flexibility index (Phi) is 21.9. The van der Waals surface area contributed by atoms with Crippen LogP contribution in [-0.2, 0) is 17.2 Å². The fourth-order valence-electron chi connectivity index (χ4n) is 4.84. The molecule has 0 saturated heterocycles. The molecule has 0 heterocycles. The quantitative estimate of drug-likeness (QED) is 0.0567. The first-order valence-electron chi connectivity index (χ1n) is 14.6. The SMILES string of the molecule is CCCCCCCC/C=C\CCCCCCCCC(CC(C)C)(C(=O)CCC(C)C)C(=O)[O][Al]=[O]. The van der Waals surface area contributed by atoms with Crippen molar-refractivity contribution >= 4 is 27.2 Å². The Labute approximate surface area is 223 Å². The average Bonchev–Trinajstić information content (AvgIpc) is 2.81. The van der Waals surface area contributed by atoms with Gasteiger partial charge in [-0.1, -0.05) is 45.1 Å². The van der Waals surface area contributed by atoms with Crippen LogP contribution in [0.4, 0.5) is 0 Å². The predicted octanol–water partition coefficient (Wildman–Crippen LogP) is 8.96. The van der Waals surface area contributed by atoms with Crippen molar-refractivity contribution in [1.29, 1.82) is 0 Å². The Hall–Kier alpha value is -0.788. The van der Waals surface area contributed by atoms with Crippen LogP contribution < -0.4 is 0 Å². The van der Waals surface area contributed by atoms with Crippen LogP contribution in [0.15, 0.2) is 12.2 Å². The van der Waals surface area contributed by atoms with Crippen molar-refractivity contribution in [2.75, 3.05) is 0 Å². The van der Waals surface area contributed by atoms with Crippen LogP contribution in [0.2, 0.25) is 0 Å². The van der Waals surface area contributed by atoms with Gasteiger partial charge in [0.1, 0.15) is 0 Å². The van der Waals surface area contributed by atoms with E-state index in [0.717, 1.165) is 25.7 Å². The molecule has 1 unspecified atom stereocenters. The fraction of sp³-hybridized carbons (Fsp3) is 0.867. The summed E-state index contributed by atoms with van der Waals surface area (Å²) in [5, 5.41) is 0. The fourth-order valence-corrected chi connectivity index (χ4v) is 5.15. The first-order chi connectivity index (χ1) is 16.8. The van der Waals surface area contributed by atoms with Crippen molar-refractivity contribution < 1.29 is 17.2 Å². The van der Waals surface area contributed by atoms with Gasteiger partial charge in [-0.3, -0.25) is 0 Å². The molecule has 35 heavy (non-hydrogen) atoms. The standard InChI is InChI=1S/C30H56O3.Al.O/c1-6-7-8-9-10-11-12-13-14-15-16-17-18-19-20-21-24-30(29(32)33,25-27(4)5)28(31)23-22-26(2)3;;/h13-14,26-27H,6-12,15-25H2,1-5H3,(H,32,33);;/q;+1;/p-1/b14-13-;;. The number of allylic oxidation sites excluding steroid dienone is 2. The molecule has 0 rings (SSSR count). The van der Waals surface area contributed by atoms with Gasteiger partial charge < -0.3 is 0 Å².